The van der Waals surface area contributed by atoms with Crippen molar-refractivity contribution in [2.75, 3.05) is 13.2 Å². The molecule has 0 spiro atoms. The highest BCUT2D eigenvalue weighted by atomic mass is 16.5. The second kappa shape index (κ2) is 7.07. The summed E-state index contributed by atoms with van der Waals surface area (Å²) in [6.45, 7) is 6.36. The highest BCUT2D eigenvalue weighted by molar-refractivity contribution is 5.19. The van der Waals surface area contributed by atoms with Crippen LogP contribution in [0.5, 0.6) is 0 Å². The molecule has 1 saturated heterocycles. The molecule has 0 bridgehead atoms. The van der Waals surface area contributed by atoms with Gasteiger partial charge in [-0.1, -0.05) is 30.3 Å². The van der Waals surface area contributed by atoms with Gasteiger partial charge in [-0.2, -0.15) is 0 Å². The highest BCUT2D eigenvalue weighted by Crippen LogP contribution is 2.27. The number of aromatic nitrogens is 1. The summed E-state index contributed by atoms with van der Waals surface area (Å²) in [6, 6.07) is 10.9. The van der Waals surface area contributed by atoms with E-state index in [9.17, 15) is 0 Å². The molecule has 1 N–H and O–H groups in total. The molecule has 0 aliphatic carbocycles. The summed E-state index contributed by atoms with van der Waals surface area (Å²) in [4.78, 5) is 4.45. The van der Waals surface area contributed by atoms with Crippen molar-refractivity contribution >= 4 is 0 Å². The molecule has 4 heteroatoms. The van der Waals surface area contributed by atoms with Crippen LogP contribution in [0.4, 0.5) is 0 Å². The van der Waals surface area contributed by atoms with E-state index in [0.29, 0.717) is 18.5 Å². The smallest absolute Gasteiger partial charge is 0.208 e. The normalized spacial score (nSPS) is 19.5. The molecule has 1 aliphatic rings. The van der Waals surface area contributed by atoms with Gasteiger partial charge >= 0.3 is 0 Å². The summed E-state index contributed by atoms with van der Waals surface area (Å²) in [5.74, 6) is 2.29. The number of nitrogens with zero attached hydrogens (tertiary/aromatic N) is 1. The Morgan fingerprint density at radius 1 is 1.27 bits per heavy atom. The Hall–Kier alpha value is -1.65. The van der Waals surface area contributed by atoms with Crippen LogP contribution < -0.4 is 5.32 Å². The number of nitrogens with one attached hydrogen (secondary N) is 1. The van der Waals surface area contributed by atoms with Gasteiger partial charge in [0.15, 0.2) is 0 Å². The third-order valence-corrected chi connectivity index (χ3v) is 4.37. The standard InChI is InChI=1S/C18H24N2O2/c1-13-14(2)22-18(20-13)11-19-17(10-15-8-9-21-12-15)16-6-4-3-5-7-16/h3-7,15,17,19H,8-12H2,1-2H3/t15-,17-/m0/s1. The zero-order chi connectivity index (χ0) is 15.4. The van der Waals surface area contributed by atoms with Gasteiger partial charge in [-0.05, 0) is 38.2 Å². The Kier molecular flexibility index (Phi) is 4.90. The van der Waals surface area contributed by atoms with E-state index in [2.05, 4.69) is 40.6 Å². The number of oxazole rings is 1. The zero-order valence-corrected chi connectivity index (χ0v) is 13.3. The van der Waals surface area contributed by atoms with Gasteiger partial charge in [0.1, 0.15) is 5.76 Å². The monoisotopic (exact) mass is 300 g/mol. The Morgan fingerprint density at radius 3 is 2.73 bits per heavy atom. The molecule has 2 aromatic rings. The lowest BCUT2D eigenvalue weighted by molar-refractivity contribution is 0.181. The fraction of sp³-hybridized carbons (Fsp3) is 0.500. The number of aryl methyl sites for hydroxylation is 2. The minimum absolute atomic E-state index is 0.306. The molecule has 0 radical (unpaired) electrons. The molecule has 3 rings (SSSR count). The predicted octanol–water partition coefficient (Wildman–Crippen LogP) is 3.55. The molecule has 0 saturated carbocycles. The lowest BCUT2D eigenvalue weighted by Gasteiger charge is -2.21. The van der Waals surface area contributed by atoms with Crippen LogP contribution in [-0.4, -0.2) is 18.2 Å². The van der Waals surface area contributed by atoms with Gasteiger partial charge in [0.25, 0.3) is 0 Å². The molecular weight excluding hydrogens is 276 g/mol. The van der Waals surface area contributed by atoms with Crippen molar-refractivity contribution in [3.05, 3.63) is 53.2 Å². The first-order valence-corrected chi connectivity index (χ1v) is 8.01. The number of rotatable bonds is 6. The largest absolute Gasteiger partial charge is 0.444 e. The van der Waals surface area contributed by atoms with Crippen molar-refractivity contribution in [2.24, 2.45) is 5.92 Å². The van der Waals surface area contributed by atoms with Crippen molar-refractivity contribution < 1.29 is 9.15 Å². The maximum atomic E-state index is 5.67. The van der Waals surface area contributed by atoms with Crippen molar-refractivity contribution in [1.82, 2.24) is 10.3 Å². The average Bonchev–Trinajstić information content (AvgIpc) is 3.15. The van der Waals surface area contributed by atoms with Gasteiger partial charge in [0, 0.05) is 19.3 Å². The molecule has 4 nitrogen and oxygen atoms in total. The van der Waals surface area contributed by atoms with E-state index < -0.39 is 0 Å². The summed E-state index contributed by atoms with van der Waals surface area (Å²) in [5, 5.41) is 3.61. The Balaban J connectivity index is 1.67. The van der Waals surface area contributed by atoms with Gasteiger partial charge in [-0.25, -0.2) is 4.98 Å². The maximum absolute atomic E-state index is 5.67. The van der Waals surface area contributed by atoms with Gasteiger partial charge in [-0.3, -0.25) is 0 Å². The van der Waals surface area contributed by atoms with E-state index in [1.165, 1.54) is 5.56 Å². The molecule has 1 aromatic carbocycles. The predicted molar refractivity (Wildman–Crippen MR) is 85.5 cm³/mol. The summed E-state index contributed by atoms with van der Waals surface area (Å²) in [5.41, 5.74) is 2.28. The average molecular weight is 300 g/mol. The quantitative estimate of drug-likeness (QED) is 0.886. The van der Waals surface area contributed by atoms with Crippen LogP contribution >= 0.6 is 0 Å². The van der Waals surface area contributed by atoms with Crippen molar-refractivity contribution in [2.45, 2.75) is 39.3 Å². The highest BCUT2D eigenvalue weighted by Gasteiger charge is 2.22. The SMILES string of the molecule is Cc1nc(CN[C@@H](C[C@@H]2CCOC2)c2ccccc2)oc1C. The second-order valence-electron chi connectivity index (χ2n) is 6.06. The van der Waals surface area contributed by atoms with Crippen molar-refractivity contribution in [1.29, 1.82) is 0 Å². The third-order valence-electron chi connectivity index (χ3n) is 4.37. The minimum Gasteiger partial charge on any atom is -0.444 e. The lowest BCUT2D eigenvalue weighted by atomic mass is 9.94. The van der Waals surface area contributed by atoms with Crippen molar-refractivity contribution in [3.8, 4) is 0 Å². The Morgan fingerprint density at radius 2 is 2.09 bits per heavy atom. The number of hydrogen-bond donors (Lipinski definition) is 1. The Bertz CT molecular complexity index is 569. The fourth-order valence-corrected chi connectivity index (χ4v) is 2.95. The number of ether oxygens (including phenoxy) is 1. The fourth-order valence-electron chi connectivity index (χ4n) is 2.95. The van der Waals surface area contributed by atoms with E-state index in [-0.39, 0.29) is 0 Å². The van der Waals surface area contributed by atoms with E-state index in [1.807, 2.05) is 13.8 Å². The first kappa shape index (κ1) is 15.3. The molecular formula is C18H24N2O2. The Labute approximate surface area is 131 Å². The van der Waals surface area contributed by atoms with Gasteiger partial charge in [0.2, 0.25) is 5.89 Å². The maximum Gasteiger partial charge on any atom is 0.208 e. The third kappa shape index (κ3) is 3.76. The number of benzene rings is 1. The summed E-state index contributed by atoms with van der Waals surface area (Å²) in [6.07, 6.45) is 2.24. The van der Waals surface area contributed by atoms with Crippen LogP contribution in [0.15, 0.2) is 34.7 Å². The molecule has 22 heavy (non-hydrogen) atoms. The van der Waals surface area contributed by atoms with E-state index in [4.69, 9.17) is 9.15 Å². The molecule has 1 fully saturated rings. The zero-order valence-electron chi connectivity index (χ0n) is 13.3. The first-order chi connectivity index (χ1) is 10.7. The summed E-state index contributed by atoms with van der Waals surface area (Å²) < 4.78 is 11.2. The molecule has 0 amide bonds. The number of hydrogen-bond acceptors (Lipinski definition) is 4. The van der Waals surface area contributed by atoms with E-state index in [1.54, 1.807) is 0 Å². The van der Waals surface area contributed by atoms with Crippen LogP contribution in [0.25, 0.3) is 0 Å². The van der Waals surface area contributed by atoms with Gasteiger partial charge < -0.3 is 14.5 Å². The topological polar surface area (TPSA) is 47.3 Å². The molecule has 118 valence electrons. The van der Waals surface area contributed by atoms with Crippen LogP contribution in [0.3, 0.4) is 0 Å². The van der Waals surface area contributed by atoms with Crippen LogP contribution in [0.2, 0.25) is 0 Å². The van der Waals surface area contributed by atoms with Gasteiger partial charge in [-0.15, -0.1) is 0 Å². The second-order valence-corrected chi connectivity index (χ2v) is 6.06. The molecule has 2 heterocycles. The summed E-state index contributed by atoms with van der Waals surface area (Å²) in [7, 11) is 0. The van der Waals surface area contributed by atoms with Crippen LogP contribution in [0.1, 0.15) is 41.8 Å². The first-order valence-electron chi connectivity index (χ1n) is 8.01. The molecule has 2 atom stereocenters. The molecule has 1 aromatic heterocycles. The van der Waals surface area contributed by atoms with Crippen LogP contribution in [-0.2, 0) is 11.3 Å². The van der Waals surface area contributed by atoms with E-state index >= 15 is 0 Å². The van der Waals surface area contributed by atoms with Crippen molar-refractivity contribution in [3.63, 3.8) is 0 Å². The molecule has 1 aliphatic heterocycles. The lowest BCUT2D eigenvalue weighted by Crippen LogP contribution is -2.24. The van der Waals surface area contributed by atoms with Gasteiger partial charge in [0.05, 0.1) is 12.2 Å². The van der Waals surface area contributed by atoms with Crippen LogP contribution in [0, 0.1) is 19.8 Å². The summed E-state index contributed by atoms with van der Waals surface area (Å²) >= 11 is 0. The van der Waals surface area contributed by atoms with E-state index in [0.717, 1.165) is 43.4 Å². The molecule has 0 unspecified atom stereocenters. The minimum atomic E-state index is 0.306.